The molecular weight excluding hydrogens is 247 g/mol. The number of nitrogens with two attached hydrogens (primary N) is 2. The first-order valence-electron chi connectivity index (χ1n) is 5.63. The Morgan fingerprint density at radius 2 is 1.84 bits per heavy atom. The third kappa shape index (κ3) is 3.22. The number of halogens is 1. The summed E-state index contributed by atoms with van der Waals surface area (Å²) in [6.07, 6.45) is 0. The molecule has 4 N–H and O–H groups in total. The quantitative estimate of drug-likeness (QED) is 0.826. The Labute approximate surface area is 109 Å². The van der Waals surface area contributed by atoms with Crippen LogP contribution in [0.3, 0.4) is 0 Å². The number of hydrogen-bond donors (Lipinski definition) is 2. The van der Waals surface area contributed by atoms with E-state index in [-0.39, 0.29) is 6.61 Å². The largest absolute Gasteiger partial charge is 0.487 e. The predicted octanol–water partition coefficient (Wildman–Crippen LogP) is 2.09. The van der Waals surface area contributed by atoms with Crippen LogP contribution in [0.1, 0.15) is 15.9 Å². The minimum atomic E-state index is -0.484. The number of carbonyl (C=O) groups is 1. The highest BCUT2D eigenvalue weighted by molar-refractivity contribution is 5.92. The molecule has 0 aromatic heterocycles. The first kappa shape index (κ1) is 12.9. The second kappa shape index (κ2) is 5.39. The van der Waals surface area contributed by atoms with Crippen molar-refractivity contribution in [2.75, 3.05) is 5.73 Å². The molecule has 0 atom stereocenters. The normalized spacial score (nSPS) is 10.2. The summed E-state index contributed by atoms with van der Waals surface area (Å²) in [6, 6.07) is 10.6. The number of nitrogen functional groups attached to an aromatic ring is 1. The van der Waals surface area contributed by atoms with E-state index in [0.717, 1.165) is 5.56 Å². The smallest absolute Gasteiger partial charge is 0.248 e. The van der Waals surface area contributed by atoms with Crippen molar-refractivity contribution in [2.45, 2.75) is 6.61 Å². The number of carbonyl (C=O) groups excluding carboxylic acids is 1. The molecule has 5 heteroatoms. The van der Waals surface area contributed by atoms with Gasteiger partial charge in [0, 0.05) is 11.6 Å². The maximum absolute atomic E-state index is 13.0. The number of ether oxygens (including phenoxy) is 1. The molecule has 0 aliphatic carbocycles. The molecule has 0 aliphatic rings. The Morgan fingerprint density at radius 3 is 2.47 bits per heavy atom. The highest BCUT2D eigenvalue weighted by atomic mass is 19.1. The molecule has 2 aromatic rings. The summed E-state index contributed by atoms with van der Waals surface area (Å²) < 4.78 is 18.5. The maximum Gasteiger partial charge on any atom is 0.248 e. The molecule has 19 heavy (non-hydrogen) atoms. The Bertz CT molecular complexity index is 597. The van der Waals surface area contributed by atoms with Gasteiger partial charge in [-0.3, -0.25) is 4.79 Å². The van der Waals surface area contributed by atoms with Crippen LogP contribution < -0.4 is 16.2 Å². The van der Waals surface area contributed by atoms with E-state index in [2.05, 4.69) is 0 Å². The lowest BCUT2D eigenvalue weighted by atomic mass is 10.1. The van der Waals surface area contributed by atoms with E-state index >= 15 is 0 Å². The van der Waals surface area contributed by atoms with E-state index in [0.29, 0.717) is 17.0 Å². The second-order valence-corrected chi connectivity index (χ2v) is 4.03. The van der Waals surface area contributed by atoms with E-state index in [1.54, 1.807) is 24.3 Å². The number of rotatable bonds is 4. The van der Waals surface area contributed by atoms with Crippen LogP contribution in [0, 0.1) is 5.82 Å². The third-order valence-corrected chi connectivity index (χ3v) is 2.61. The molecule has 0 heterocycles. The number of hydrogen-bond acceptors (Lipinski definition) is 3. The molecule has 0 radical (unpaired) electrons. The Kier molecular flexibility index (Phi) is 3.66. The van der Waals surface area contributed by atoms with Crippen LogP contribution in [0.15, 0.2) is 42.5 Å². The second-order valence-electron chi connectivity index (χ2n) is 4.03. The summed E-state index contributed by atoms with van der Waals surface area (Å²) >= 11 is 0. The van der Waals surface area contributed by atoms with Crippen molar-refractivity contribution >= 4 is 11.6 Å². The summed E-state index contributed by atoms with van der Waals surface area (Å²) in [5, 5.41) is 0. The molecule has 0 fully saturated rings. The standard InChI is InChI=1S/C14H13FN2O2/c15-11-5-6-12(16)13(7-11)19-8-9-1-3-10(4-2-9)14(17)18/h1-7H,8,16H2,(H2,17,18). The minimum Gasteiger partial charge on any atom is -0.487 e. The Morgan fingerprint density at radius 1 is 1.16 bits per heavy atom. The van der Waals surface area contributed by atoms with E-state index < -0.39 is 11.7 Å². The Hall–Kier alpha value is -2.56. The molecule has 4 nitrogen and oxygen atoms in total. The lowest BCUT2D eigenvalue weighted by Crippen LogP contribution is -2.10. The molecule has 0 bridgehead atoms. The van der Waals surface area contributed by atoms with E-state index in [4.69, 9.17) is 16.2 Å². The average molecular weight is 260 g/mol. The molecular formula is C14H13FN2O2. The van der Waals surface area contributed by atoms with Crippen molar-refractivity contribution in [1.82, 2.24) is 0 Å². The summed E-state index contributed by atoms with van der Waals surface area (Å²) in [7, 11) is 0. The molecule has 2 aromatic carbocycles. The van der Waals surface area contributed by atoms with Crippen molar-refractivity contribution < 1.29 is 13.9 Å². The monoisotopic (exact) mass is 260 g/mol. The minimum absolute atomic E-state index is 0.229. The van der Waals surface area contributed by atoms with Crippen molar-refractivity contribution in [1.29, 1.82) is 0 Å². The van der Waals surface area contributed by atoms with Gasteiger partial charge in [0.1, 0.15) is 18.2 Å². The summed E-state index contributed by atoms with van der Waals surface area (Å²) in [5.41, 5.74) is 12.4. The van der Waals surface area contributed by atoms with Gasteiger partial charge < -0.3 is 16.2 Å². The lowest BCUT2D eigenvalue weighted by Gasteiger charge is -2.09. The van der Waals surface area contributed by atoms with Crippen LogP contribution in [0.2, 0.25) is 0 Å². The van der Waals surface area contributed by atoms with Crippen LogP contribution in [0.4, 0.5) is 10.1 Å². The molecule has 0 spiro atoms. The fourth-order valence-electron chi connectivity index (χ4n) is 1.56. The maximum atomic E-state index is 13.0. The third-order valence-electron chi connectivity index (χ3n) is 2.61. The topological polar surface area (TPSA) is 78.3 Å². The van der Waals surface area contributed by atoms with Gasteiger partial charge in [0.05, 0.1) is 5.69 Å². The fourth-order valence-corrected chi connectivity index (χ4v) is 1.56. The molecule has 0 saturated carbocycles. The zero-order valence-electron chi connectivity index (χ0n) is 10.1. The predicted molar refractivity (Wildman–Crippen MR) is 70.1 cm³/mol. The van der Waals surface area contributed by atoms with Gasteiger partial charge in [-0.15, -0.1) is 0 Å². The summed E-state index contributed by atoms with van der Waals surface area (Å²) in [5.74, 6) is -0.603. The van der Waals surface area contributed by atoms with Crippen LogP contribution in [0.5, 0.6) is 5.75 Å². The number of anilines is 1. The van der Waals surface area contributed by atoms with Crippen LogP contribution >= 0.6 is 0 Å². The van der Waals surface area contributed by atoms with Gasteiger partial charge in [0.25, 0.3) is 0 Å². The summed E-state index contributed by atoms with van der Waals surface area (Å²) in [4.78, 5) is 10.9. The molecule has 0 saturated heterocycles. The Balaban J connectivity index is 2.06. The number of amides is 1. The molecule has 2 rings (SSSR count). The van der Waals surface area contributed by atoms with Gasteiger partial charge in [-0.05, 0) is 29.8 Å². The van der Waals surface area contributed by atoms with Crippen LogP contribution in [-0.2, 0) is 6.61 Å². The van der Waals surface area contributed by atoms with Gasteiger partial charge in [-0.25, -0.2) is 4.39 Å². The number of benzene rings is 2. The first-order chi connectivity index (χ1) is 9.06. The van der Waals surface area contributed by atoms with Crippen LogP contribution in [-0.4, -0.2) is 5.91 Å². The molecule has 0 aliphatic heterocycles. The fraction of sp³-hybridized carbons (Fsp3) is 0.0714. The highest BCUT2D eigenvalue weighted by Crippen LogP contribution is 2.23. The van der Waals surface area contributed by atoms with E-state index in [1.807, 2.05) is 0 Å². The average Bonchev–Trinajstić information content (AvgIpc) is 2.40. The SMILES string of the molecule is NC(=O)c1ccc(COc2cc(F)ccc2N)cc1. The van der Waals surface area contributed by atoms with Gasteiger partial charge in [-0.2, -0.15) is 0 Å². The van der Waals surface area contributed by atoms with Crippen molar-refractivity contribution in [3.05, 3.63) is 59.4 Å². The van der Waals surface area contributed by atoms with Gasteiger partial charge in [0.15, 0.2) is 0 Å². The molecule has 1 amide bonds. The zero-order valence-corrected chi connectivity index (χ0v) is 10.1. The van der Waals surface area contributed by atoms with Crippen molar-refractivity contribution in [3.8, 4) is 5.75 Å². The number of primary amides is 1. The highest BCUT2D eigenvalue weighted by Gasteiger charge is 2.04. The van der Waals surface area contributed by atoms with Crippen LogP contribution in [0.25, 0.3) is 0 Å². The van der Waals surface area contributed by atoms with Crippen molar-refractivity contribution in [3.63, 3.8) is 0 Å². The van der Waals surface area contributed by atoms with Gasteiger partial charge in [-0.1, -0.05) is 12.1 Å². The lowest BCUT2D eigenvalue weighted by molar-refractivity contribution is 0.1000. The first-order valence-corrected chi connectivity index (χ1v) is 5.63. The van der Waals surface area contributed by atoms with Gasteiger partial charge >= 0.3 is 0 Å². The molecule has 98 valence electrons. The van der Waals surface area contributed by atoms with Gasteiger partial charge in [0.2, 0.25) is 5.91 Å². The zero-order chi connectivity index (χ0) is 13.8. The van der Waals surface area contributed by atoms with Crippen molar-refractivity contribution in [2.24, 2.45) is 5.73 Å². The van der Waals surface area contributed by atoms with E-state index in [9.17, 15) is 9.18 Å². The van der Waals surface area contributed by atoms with E-state index in [1.165, 1.54) is 18.2 Å². The molecule has 0 unspecified atom stereocenters. The summed E-state index contributed by atoms with van der Waals surface area (Å²) in [6.45, 7) is 0.229.